The maximum Gasteiger partial charge on any atom is 0.328 e. The van der Waals surface area contributed by atoms with Crippen LogP contribution in [-0.2, 0) is 9.53 Å². The van der Waals surface area contributed by atoms with Crippen LogP contribution in [0.1, 0.15) is 24.3 Å². The predicted molar refractivity (Wildman–Crippen MR) is 74.1 cm³/mol. The first kappa shape index (κ1) is 13.9. The summed E-state index contributed by atoms with van der Waals surface area (Å²) in [5.41, 5.74) is 7.13. The number of carbonyl (C=O) groups excluding carboxylic acids is 2. The summed E-state index contributed by atoms with van der Waals surface area (Å²) in [7, 11) is 0. The number of nitrogen functional groups attached to an aromatic ring is 1. The Labute approximate surface area is 115 Å². The Balaban J connectivity index is 2.19. The molecule has 0 aliphatic heterocycles. The Hall–Kier alpha value is -2.57. The first-order valence-corrected chi connectivity index (χ1v) is 6.24. The maximum atomic E-state index is 12.1. The van der Waals surface area contributed by atoms with Gasteiger partial charge in [-0.1, -0.05) is 0 Å². The average molecular weight is 276 g/mol. The van der Waals surface area contributed by atoms with E-state index in [2.05, 4.69) is 15.5 Å². The van der Waals surface area contributed by atoms with Gasteiger partial charge in [0.1, 0.15) is 6.04 Å². The summed E-state index contributed by atoms with van der Waals surface area (Å²) < 4.78 is 4.83. The van der Waals surface area contributed by atoms with Crippen LogP contribution < -0.4 is 11.1 Å². The van der Waals surface area contributed by atoms with E-state index in [1.807, 2.05) is 0 Å². The van der Waals surface area contributed by atoms with Crippen molar-refractivity contribution in [2.24, 2.45) is 0 Å². The van der Waals surface area contributed by atoms with Crippen molar-refractivity contribution in [1.82, 2.24) is 15.5 Å². The van der Waals surface area contributed by atoms with E-state index >= 15 is 0 Å². The Morgan fingerprint density at radius 1 is 1.50 bits per heavy atom. The fourth-order valence-corrected chi connectivity index (χ4v) is 1.80. The number of carbonyl (C=O) groups is 2. The Kier molecular flexibility index (Phi) is 3.88. The molecule has 1 heterocycles. The van der Waals surface area contributed by atoms with Crippen LogP contribution in [0.15, 0.2) is 18.2 Å². The van der Waals surface area contributed by atoms with Crippen molar-refractivity contribution in [3.05, 3.63) is 23.9 Å². The highest BCUT2D eigenvalue weighted by atomic mass is 16.5. The van der Waals surface area contributed by atoms with Crippen molar-refractivity contribution in [3.63, 3.8) is 0 Å². The number of benzene rings is 1. The predicted octanol–water partition coefficient (Wildman–Crippen LogP) is 0.827. The molecule has 106 valence electrons. The normalized spacial score (nSPS) is 12.1. The molecule has 2 rings (SSSR count). The molecule has 0 bridgehead atoms. The third-order valence-electron chi connectivity index (χ3n) is 2.79. The van der Waals surface area contributed by atoms with Crippen LogP contribution in [0, 0.1) is 0 Å². The van der Waals surface area contributed by atoms with E-state index in [0.717, 1.165) is 0 Å². The van der Waals surface area contributed by atoms with Gasteiger partial charge >= 0.3 is 5.97 Å². The second-order valence-electron chi connectivity index (χ2n) is 4.32. The molecule has 20 heavy (non-hydrogen) atoms. The molecule has 0 saturated carbocycles. The number of hydrogen-bond donors (Lipinski definition) is 3. The van der Waals surface area contributed by atoms with Crippen molar-refractivity contribution in [1.29, 1.82) is 0 Å². The molecular weight excluding hydrogens is 260 g/mol. The third kappa shape index (κ3) is 2.71. The molecule has 0 fully saturated rings. The van der Waals surface area contributed by atoms with Gasteiger partial charge < -0.3 is 15.8 Å². The molecule has 1 aromatic carbocycles. The molecular formula is C13H16N4O3. The number of esters is 1. The maximum absolute atomic E-state index is 12.1. The molecule has 0 spiro atoms. The van der Waals surface area contributed by atoms with Gasteiger partial charge in [0.25, 0.3) is 5.91 Å². The fourth-order valence-electron chi connectivity index (χ4n) is 1.80. The van der Waals surface area contributed by atoms with Crippen LogP contribution in [0.2, 0.25) is 0 Å². The lowest BCUT2D eigenvalue weighted by molar-refractivity contribution is -0.144. The van der Waals surface area contributed by atoms with Crippen LogP contribution in [0.3, 0.4) is 0 Å². The van der Waals surface area contributed by atoms with E-state index in [9.17, 15) is 9.59 Å². The zero-order chi connectivity index (χ0) is 14.7. The molecule has 7 heteroatoms. The van der Waals surface area contributed by atoms with Gasteiger partial charge in [-0.15, -0.1) is 0 Å². The molecule has 7 nitrogen and oxygen atoms in total. The first-order valence-electron chi connectivity index (χ1n) is 6.24. The summed E-state index contributed by atoms with van der Waals surface area (Å²) in [6.07, 6.45) is 0. The van der Waals surface area contributed by atoms with Crippen LogP contribution in [-0.4, -0.2) is 34.7 Å². The average Bonchev–Trinajstić information content (AvgIpc) is 2.81. The molecule has 2 aromatic rings. The number of ether oxygens (including phenoxy) is 1. The van der Waals surface area contributed by atoms with E-state index in [0.29, 0.717) is 16.6 Å². The van der Waals surface area contributed by atoms with Crippen molar-refractivity contribution in [3.8, 4) is 0 Å². The van der Waals surface area contributed by atoms with Gasteiger partial charge in [-0.05, 0) is 32.0 Å². The summed E-state index contributed by atoms with van der Waals surface area (Å²) >= 11 is 0. The van der Waals surface area contributed by atoms with E-state index in [1.165, 1.54) is 0 Å². The summed E-state index contributed by atoms with van der Waals surface area (Å²) in [4.78, 5) is 23.6. The number of anilines is 1. The van der Waals surface area contributed by atoms with Gasteiger partial charge in [-0.3, -0.25) is 9.89 Å². The molecule has 1 unspecified atom stereocenters. The number of amides is 1. The lowest BCUT2D eigenvalue weighted by Crippen LogP contribution is -2.39. The van der Waals surface area contributed by atoms with Crippen LogP contribution in [0.5, 0.6) is 0 Å². The fraction of sp³-hybridized carbons (Fsp3) is 0.308. The number of nitrogens with two attached hydrogens (primary N) is 1. The van der Waals surface area contributed by atoms with E-state index < -0.39 is 17.9 Å². The molecule has 0 saturated heterocycles. The quantitative estimate of drug-likeness (QED) is 0.566. The number of rotatable bonds is 4. The number of nitrogens with zero attached hydrogens (tertiary/aromatic N) is 1. The minimum Gasteiger partial charge on any atom is -0.464 e. The number of aromatic nitrogens is 2. The molecule has 0 aliphatic rings. The van der Waals surface area contributed by atoms with E-state index in [-0.39, 0.29) is 12.3 Å². The number of H-pyrrole nitrogens is 1. The zero-order valence-electron chi connectivity index (χ0n) is 11.3. The van der Waals surface area contributed by atoms with Crippen LogP contribution in [0.25, 0.3) is 10.9 Å². The highest BCUT2D eigenvalue weighted by Crippen LogP contribution is 2.18. The van der Waals surface area contributed by atoms with Crippen molar-refractivity contribution >= 4 is 28.5 Å². The van der Waals surface area contributed by atoms with E-state index in [4.69, 9.17) is 10.5 Å². The number of fused-ring (bicyclic) bond motifs is 1. The summed E-state index contributed by atoms with van der Waals surface area (Å²) in [6.45, 7) is 3.52. The summed E-state index contributed by atoms with van der Waals surface area (Å²) in [5.74, 6) is -0.942. The largest absolute Gasteiger partial charge is 0.464 e. The molecule has 0 aliphatic carbocycles. The van der Waals surface area contributed by atoms with Crippen LogP contribution >= 0.6 is 0 Å². The SMILES string of the molecule is CCOC(=O)C(C)NC(=O)c1n[nH]c2ccc(N)cc12. The molecule has 4 N–H and O–H groups in total. The lowest BCUT2D eigenvalue weighted by Gasteiger charge is -2.11. The zero-order valence-corrected chi connectivity index (χ0v) is 11.3. The van der Waals surface area contributed by atoms with Gasteiger partial charge in [-0.2, -0.15) is 5.10 Å². The lowest BCUT2D eigenvalue weighted by atomic mass is 10.2. The van der Waals surface area contributed by atoms with E-state index in [1.54, 1.807) is 32.0 Å². The molecule has 1 aromatic heterocycles. The summed E-state index contributed by atoms with van der Waals surface area (Å²) in [5, 5.41) is 9.84. The Morgan fingerprint density at radius 2 is 2.25 bits per heavy atom. The smallest absolute Gasteiger partial charge is 0.328 e. The number of aromatic amines is 1. The van der Waals surface area contributed by atoms with Crippen molar-refractivity contribution in [2.45, 2.75) is 19.9 Å². The first-order chi connectivity index (χ1) is 9.52. The monoisotopic (exact) mass is 276 g/mol. The topological polar surface area (TPSA) is 110 Å². The van der Waals surface area contributed by atoms with Gasteiger partial charge in [0, 0.05) is 11.1 Å². The van der Waals surface area contributed by atoms with Crippen molar-refractivity contribution in [2.75, 3.05) is 12.3 Å². The minimum absolute atomic E-state index is 0.198. The molecule has 1 atom stereocenters. The second-order valence-corrected chi connectivity index (χ2v) is 4.32. The van der Waals surface area contributed by atoms with Crippen LogP contribution in [0.4, 0.5) is 5.69 Å². The Bertz CT molecular complexity index is 650. The summed E-state index contributed by atoms with van der Waals surface area (Å²) in [6, 6.07) is 4.37. The Morgan fingerprint density at radius 3 is 2.95 bits per heavy atom. The highest BCUT2D eigenvalue weighted by Gasteiger charge is 2.20. The number of hydrogen-bond acceptors (Lipinski definition) is 5. The van der Waals surface area contributed by atoms with Gasteiger partial charge in [-0.25, -0.2) is 4.79 Å². The molecule has 0 radical (unpaired) electrons. The van der Waals surface area contributed by atoms with Gasteiger partial charge in [0.05, 0.1) is 12.1 Å². The second kappa shape index (κ2) is 5.60. The highest BCUT2D eigenvalue weighted by molar-refractivity contribution is 6.06. The third-order valence-corrected chi connectivity index (χ3v) is 2.79. The molecule has 1 amide bonds. The minimum atomic E-state index is -0.741. The van der Waals surface area contributed by atoms with Gasteiger partial charge in [0.2, 0.25) is 0 Å². The van der Waals surface area contributed by atoms with Gasteiger partial charge in [0.15, 0.2) is 5.69 Å². The number of nitrogens with one attached hydrogen (secondary N) is 2. The van der Waals surface area contributed by atoms with Crippen molar-refractivity contribution < 1.29 is 14.3 Å². The standard InChI is InChI=1S/C13H16N4O3/c1-3-20-13(19)7(2)15-12(18)11-9-6-8(14)4-5-10(9)16-17-11/h4-7H,3,14H2,1-2H3,(H,15,18)(H,16,17).